The molecule has 0 aliphatic carbocycles. The highest BCUT2D eigenvalue weighted by Gasteiger charge is 2.09. The summed E-state index contributed by atoms with van der Waals surface area (Å²) < 4.78 is 6.88. The van der Waals surface area contributed by atoms with E-state index in [1.165, 1.54) is 31.3 Å². The van der Waals surface area contributed by atoms with Gasteiger partial charge in [0.05, 0.1) is 6.26 Å². The zero-order valence-electron chi connectivity index (χ0n) is 12.9. The van der Waals surface area contributed by atoms with E-state index in [1.807, 2.05) is 23.5 Å². The molecule has 0 amide bonds. The van der Waals surface area contributed by atoms with Gasteiger partial charge in [-0.25, -0.2) is 0 Å². The molecule has 0 bridgehead atoms. The van der Waals surface area contributed by atoms with Crippen molar-refractivity contribution in [3.8, 4) is 21.8 Å². The standard InChI is InChI=1S/C22H14OS/c1-2-8-19-15(5-1)10-11-18-14-21(24-22(18)19)17-7-3-6-16(13-17)20-9-4-12-23-20/h1-14H. The quantitative estimate of drug-likeness (QED) is 0.341. The molecule has 0 aliphatic heterocycles. The van der Waals surface area contributed by atoms with Crippen LogP contribution in [0.4, 0.5) is 0 Å². The molecule has 0 aliphatic rings. The Morgan fingerprint density at radius 2 is 1.54 bits per heavy atom. The number of thiophene rings is 1. The smallest absolute Gasteiger partial charge is 0.133 e. The van der Waals surface area contributed by atoms with Crippen LogP contribution in [-0.2, 0) is 0 Å². The molecule has 0 saturated heterocycles. The van der Waals surface area contributed by atoms with Crippen LogP contribution in [0.2, 0.25) is 0 Å². The van der Waals surface area contributed by atoms with Crippen LogP contribution in [-0.4, -0.2) is 0 Å². The van der Waals surface area contributed by atoms with Crippen LogP contribution in [0.25, 0.3) is 42.6 Å². The van der Waals surface area contributed by atoms with Crippen LogP contribution in [0.3, 0.4) is 0 Å². The predicted molar refractivity (Wildman–Crippen MR) is 102 cm³/mol. The molecule has 0 atom stereocenters. The maximum Gasteiger partial charge on any atom is 0.133 e. The van der Waals surface area contributed by atoms with E-state index in [9.17, 15) is 0 Å². The molecule has 114 valence electrons. The molecule has 24 heavy (non-hydrogen) atoms. The molecule has 3 aromatic carbocycles. The largest absolute Gasteiger partial charge is 0.464 e. The second-order valence-corrected chi connectivity index (χ2v) is 6.93. The zero-order chi connectivity index (χ0) is 15.9. The molecule has 2 aromatic heterocycles. The van der Waals surface area contributed by atoms with E-state index in [2.05, 4.69) is 66.7 Å². The van der Waals surface area contributed by atoms with E-state index in [0.717, 1.165) is 11.3 Å². The Kier molecular flexibility index (Phi) is 3.03. The third kappa shape index (κ3) is 2.15. The summed E-state index contributed by atoms with van der Waals surface area (Å²) in [7, 11) is 0. The maximum absolute atomic E-state index is 5.53. The van der Waals surface area contributed by atoms with Gasteiger partial charge in [-0.1, -0.05) is 54.6 Å². The van der Waals surface area contributed by atoms with Crippen LogP contribution < -0.4 is 0 Å². The van der Waals surface area contributed by atoms with E-state index in [0.29, 0.717) is 0 Å². The summed E-state index contributed by atoms with van der Waals surface area (Å²) in [6.07, 6.45) is 1.72. The van der Waals surface area contributed by atoms with Crippen LogP contribution in [0, 0.1) is 0 Å². The average Bonchev–Trinajstić information content (AvgIpc) is 3.31. The Morgan fingerprint density at radius 3 is 2.46 bits per heavy atom. The van der Waals surface area contributed by atoms with Gasteiger partial charge in [-0.05, 0) is 46.0 Å². The highest BCUT2D eigenvalue weighted by atomic mass is 32.1. The molecule has 5 rings (SSSR count). The molecule has 0 fully saturated rings. The normalized spacial score (nSPS) is 11.3. The lowest BCUT2D eigenvalue weighted by atomic mass is 10.1. The monoisotopic (exact) mass is 326 g/mol. The Labute approximate surface area is 143 Å². The molecule has 0 unspecified atom stereocenters. The number of fused-ring (bicyclic) bond motifs is 3. The van der Waals surface area contributed by atoms with Gasteiger partial charge >= 0.3 is 0 Å². The zero-order valence-corrected chi connectivity index (χ0v) is 13.7. The third-order valence-electron chi connectivity index (χ3n) is 4.36. The second-order valence-electron chi connectivity index (χ2n) is 5.87. The van der Waals surface area contributed by atoms with Crippen LogP contribution in [0.1, 0.15) is 0 Å². The molecule has 2 heteroatoms. The highest BCUT2D eigenvalue weighted by Crippen LogP contribution is 2.38. The summed E-state index contributed by atoms with van der Waals surface area (Å²) in [5, 5.41) is 3.92. The van der Waals surface area contributed by atoms with Gasteiger partial charge in [0, 0.05) is 15.1 Å². The number of furan rings is 1. The van der Waals surface area contributed by atoms with Gasteiger partial charge in [0.25, 0.3) is 0 Å². The van der Waals surface area contributed by atoms with Crippen molar-refractivity contribution in [1.29, 1.82) is 0 Å². The summed E-state index contributed by atoms with van der Waals surface area (Å²) in [6.45, 7) is 0. The molecule has 2 heterocycles. The summed E-state index contributed by atoms with van der Waals surface area (Å²) in [4.78, 5) is 1.29. The van der Waals surface area contributed by atoms with E-state index in [1.54, 1.807) is 6.26 Å². The molecule has 0 radical (unpaired) electrons. The maximum atomic E-state index is 5.53. The summed E-state index contributed by atoms with van der Waals surface area (Å²) in [5.41, 5.74) is 2.34. The van der Waals surface area contributed by atoms with Crippen molar-refractivity contribution < 1.29 is 4.42 Å². The molecular weight excluding hydrogens is 312 g/mol. The molecule has 0 saturated carbocycles. The summed E-state index contributed by atoms with van der Waals surface area (Å²) >= 11 is 1.86. The number of hydrogen-bond acceptors (Lipinski definition) is 2. The molecular formula is C22H14OS. The number of hydrogen-bond donors (Lipinski definition) is 0. The van der Waals surface area contributed by atoms with E-state index in [-0.39, 0.29) is 0 Å². The Balaban J connectivity index is 1.70. The van der Waals surface area contributed by atoms with Crippen molar-refractivity contribution in [3.63, 3.8) is 0 Å². The minimum Gasteiger partial charge on any atom is -0.464 e. The number of benzene rings is 3. The molecule has 1 nitrogen and oxygen atoms in total. The van der Waals surface area contributed by atoms with Crippen LogP contribution in [0.5, 0.6) is 0 Å². The molecule has 5 aromatic rings. The summed E-state index contributed by atoms with van der Waals surface area (Å²) in [5.74, 6) is 0.906. The van der Waals surface area contributed by atoms with Gasteiger partial charge in [-0.2, -0.15) is 0 Å². The van der Waals surface area contributed by atoms with Crippen LogP contribution >= 0.6 is 11.3 Å². The fraction of sp³-hybridized carbons (Fsp3) is 0. The first-order chi connectivity index (χ1) is 11.9. The van der Waals surface area contributed by atoms with E-state index < -0.39 is 0 Å². The Bertz CT molecular complexity index is 1150. The van der Waals surface area contributed by atoms with Gasteiger partial charge in [0.2, 0.25) is 0 Å². The first kappa shape index (κ1) is 13.6. The number of rotatable bonds is 2. The lowest BCUT2D eigenvalue weighted by molar-refractivity contribution is 0.582. The van der Waals surface area contributed by atoms with Gasteiger partial charge in [-0.3, -0.25) is 0 Å². The van der Waals surface area contributed by atoms with Crippen molar-refractivity contribution in [2.24, 2.45) is 0 Å². The van der Waals surface area contributed by atoms with Crippen molar-refractivity contribution in [2.45, 2.75) is 0 Å². The van der Waals surface area contributed by atoms with Gasteiger partial charge in [-0.15, -0.1) is 11.3 Å². The van der Waals surface area contributed by atoms with Crippen molar-refractivity contribution in [2.75, 3.05) is 0 Å². The van der Waals surface area contributed by atoms with Gasteiger partial charge in [0.1, 0.15) is 5.76 Å². The molecule has 0 N–H and O–H groups in total. The van der Waals surface area contributed by atoms with Crippen LogP contribution in [0.15, 0.2) is 89.5 Å². The predicted octanol–water partition coefficient (Wildman–Crippen LogP) is 6.98. The first-order valence-electron chi connectivity index (χ1n) is 7.94. The van der Waals surface area contributed by atoms with E-state index in [4.69, 9.17) is 4.42 Å². The van der Waals surface area contributed by atoms with Gasteiger partial charge < -0.3 is 4.42 Å². The fourth-order valence-electron chi connectivity index (χ4n) is 3.18. The second kappa shape index (κ2) is 5.36. The Hall–Kier alpha value is -2.84. The van der Waals surface area contributed by atoms with Crippen molar-refractivity contribution in [3.05, 3.63) is 85.1 Å². The van der Waals surface area contributed by atoms with Gasteiger partial charge in [0.15, 0.2) is 0 Å². The molecule has 0 spiro atoms. The SMILES string of the molecule is c1cc(-c2ccco2)cc(-c2cc3ccc4ccccc4c3s2)c1. The van der Waals surface area contributed by atoms with Crippen molar-refractivity contribution in [1.82, 2.24) is 0 Å². The minimum atomic E-state index is 0.906. The van der Waals surface area contributed by atoms with Crippen molar-refractivity contribution >= 4 is 32.2 Å². The minimum absolute atomic E-state index is 0.906. The Morgan fingerprint density at radius 1 is 0.667 bits per heavy atom. The average molecular weight is 326 g/mol. The first-order valence-corrected chi connectivity index (χ1v) is 8.76. The third-order valence-corrected chi connectivity index (χ3v) is 5.59. The topological polar surface area (TPSA) is 13.1 Å². The summed E-state index contributed by atoms with van der Waals surface area (Å²) in [6, 6.07) is 27.8. The fourth-order valence-corrected chi connectivity index (χ4v) is 4.37. The van der Waals surface area contributed by atoms with E-state index >= 15 is 0 Å². The lowest BCUT2D eigenvalue weighted by Crippen LogP contribution is -1.76. The lowest BCUT2D eigenvalue weighted by Gasteiger charge is -2.01. The highest BCUT2D eigenvalue weighted by molar-refractivity contribution is 7.23.